The summed E-state index contributed by atoms with van der Waals surface area (Å²) in [6.45, 7) is 4.79. The maximum Gasteiger partial charge on any atom is 0.00674 e. The second-order valence-electron chi connectivity index (χ2n) is 6.89. The molecule has 2 nitrogen and oxygen atoms in total. The van der Waals surface area contributed by atoms with E-state index in [9.17, 15) is 0 Å². The fourth-order valence-electron chi connectivity index (χ4n) is 3.96. The smallest absolute Gasteiger partial charge is 0.00674 e. The van der Waals surface area contributed by atoms with Crippen LogP contribution in [0.2, 0.25) is 0 Å². The molecule has 0 aromatic carbocycles. The van der Waals surface area contributed by atoms with Gasteiger partial charge in [0.15, 0.2) is 0 Å². The molecule has 0 bridgehead atoms. The average molecular weight is 238 g/mol. The van der Waals surface area contributed by atoms with Crippen LogP contribution in [0.5, 0.6) is 0 Å². The minimum absolute atomic E-state index is 0.452. The zero-order valence-electron chi connectivity index (χ0n) is 11.6. The third-order valence-electron chi connectivity index (χ3n) is 5.31. The fourth-order valence-corrected chi connectivity index (χ4v) is 3.96. The molecular weight excluding hydrogens is 208 g/mol. The average Bonchev–Trinajstić information content (AvgIpc) is 2.28. The maximum atomic E-state index is 6.31. The van der Waals surface area contributed by atoms with Crippen molar-refractivity contribution in [3.8, 4) is 0 Å². The number of hydrogen-bond acceptors (Lipinski definition) is 2. The van der Waals surface area contributed by atoms with E-state index in [0.29, 0.717) is 12.1 Å². The predicted octanol–water partition coefficient (Wildman–Crippen LogP) is 2.90. The van der Waals surface area contributed by atoms with Crippen LogP contribution in [0, 0.1) is 23.7 Å². The predicted molar refractivity (Wildman–Crippen MR) is 73.6 cm³/mol. The summed E-state index contributed by atoms with van der Waals surface area (Å²) in [6, 6.07) is 0.907. The summed E-state index contributed by atoms with van der Waals surface area (Å²) in [7, 11) is 0. The zero-order chi connectivity index (χ0) is 12.4. The van der Waals surface area contributed by atoms with E-state index < -0.39 is 0 Å². The summed E-state index contributed by atoms with van der Waals surface area (Å²) >= 11 is 0. The Kier molecular flexibility index (Phi) is 4.48. The summed E-state index contributed by atoms with van der Waals surface area (Å²) in [4.78, 5) is 0. The molecule has 2 fully saturated rings. The molecule has 2 heteroatoms. The third kappa shape index (κ3) is 3.45. The van der Waals surface area contributed by atoms with E-state index in [1.807, 2.05) is 0 Å². The van der Waals surface area contributed by atoms with Gasteiger partial charge in [0, 0.05) is 12.1 Å². The monoisotopic (exact) mass is 238 g/mol. The van der Waals surface area contributed by atoms with Gasteiger partial charge in [-0.05, 0) is 68.6 Å². The van der Waals surface area contributed by atoms with Crippen molar-refractivity contribution in [2.45, 2.75) is 70.9 Å². The van der Waals surface area contributed by atoms with Crippen LogP contribution in [0.4, 0.5) is 0 Å². The van der Waals surface area contributed by atoms with Gasteiger partial charge in [-0.2, -0.15) is 0 Å². The lowest BCUT2D eigenvalue weighted by Gasteiger charge is -2.39. The second kappa shape index (κ2) is 5.71. The third-order valence-corrected chi connectivity index (χ3v) is 5.31. The van der Waals surface area contributed by atoms with E-state index in [0.717, 1.165) is 23.7 Å². The van der Waals surface area contributed by atoms with E-state index in [1.54, 1.807) is 0 Å². The van der Waals surface area contributed by atoms with Crippen LogP contribution in [-0.2, 0) is 0 Å². The summed E-state index contributed by atoms with van der Waals surface area (Å²) < 4.78 is 0. The van der Waals surface area contributed by atoms with Crippen LogP contribution < -0.4 is 11.5 Å². The van der Waals surface area contributed by atoms with Gasteiger partial charge in [0.1, 0.15) is 0 Å². The minimum atomic E-state index is 0.452. The van der Waals surface area contributed by atoms with E-state index in [-0.39, 0.29) is 0 Å². The van der Waals surface area contributed by atoms with Gasteiger partial charge in [0.2, 0.25) is 0 Å². The summed E-state index contributed by atoms with van der Waals surface area (Å²) in [5, 5.41) is 0. The Labute approximate surface area is 107 Å². The highest BCUT2D eigenvalue weighted by Gasteiger charge is 2.32. The van der Waals surface area contributed by atoms with Crippen molar-refractivity contribution in [3.05, 3.63) is 0 Å². The molecule has 6 unspecified atom stereocenters. The summed E-state index contributed by atoms with van der Waals surface area (Å²) in [6.07, 6.45) is 9.03. The van der Waals surface area contributed by atoms with Crippen molar-refractivity contribution in [1.29, 1.82) is 0 Å². The topological polar surface area (TPSA) is 52.0 Å². The molecule has 6 atom stereocenters. The molecule has 4 N–H and O–H groups in total. The molecule has 2 aliphatic rings. The number of hydrogen-bond donors (Lipinski definition) is 2. The molecular formula is C15H30N2. The molecule has 2 aliphatic carbocycles. The molecule has 17 heavy (non-hydrogen) atoms. The molecule has 0 aromatic rings. The van der Waals surface area contributed by atoms with Gasteiger partial charge in [0.25, 0.3) is 0 Å². The van der Waals surface area contributed by atoms with Crippen LogP contribution in [0.15, 0.2) is 0 Å². The molecule has 0 amide bonds. The lowest BCUT2D eigenvalue weighted by molar-refractivity contribution is 0.147. The van der Waals surface area contributed by atoms with Gasteiger partial charge < -0.3 is 11.5 Å². The molecule has 0 radical (unpaired) electrons. The fraction of sp³-hybridized carbons (Fsp3) is 1.00. The van der Waals surface area contributed by atoms with Gasteiger partial charge in [0.05, 0.1) is 0 Å². The first-order valence-electron chi connectivity index (χ1n) is 7.57. The lowest BCUT2D eigenvalue weighted by Crippen LogP contribution is -2.39. The standard InChI is InChI=1S/C15H30N2/c1-10-3-6-15(17)13(7-10)8-12-9-14(16)5-4-11(12)2/h10-15H,3-9,16-17H2,1-2H3. The van der Waals surface area contributed by atoms with Gasteiger partial charge in [-0.25, -0.2) is 0 Å². The second-order valence-corrected chi connectivity index (χ2v) is 6.89. The molecule has 0 aliphatic heterocycles. The SMILES string of the molecule is CC1CCC(N)C(CC2CC(N)CCC2C)C1. The highest BCUT2D eigenvalue weighted by atomic mass is 14.7. The molecule has 2 saturated carbocycles. The van der Waals surface area contributed by atoms with Crippen molar-refractivity contribution in [1.82, 2.24) is 0 Å². The Morgan fingerprint density at radius 1 is 0.882 bits per heavy atom. The van der Waals surface area contributed by atoms with Crippen molar-refractivity contribution in [2.75, 3.05) is 0 Å². The first-order chi connectivity index (χ1) is 8.06. The van der Waals surface area contributed by atoms with E-state index >= 15 is 0 Å². The number of rotatable bonds is 2. The highest BCUT2D eigenvalue weighted by Crippen LogP contribution is 2.38. The normalized spacial score (nSPS) is 48.0. The van der Waals surface area contributed by atoms with Gasteiger partial charge in [-0.3, -0.25) is 0 Å². The van der Waals surface area contributed by atoms with Gasteiger partial charge in [-0.1, -0.05) is 13.8 Å². The Balaban J connectivity index is 1.89. The molecule has 0 saturated heterocycles. The van der Waals surface area contributed by atoms with E-state index in [1.165, 1.54) is 44.9 Å². The Bertz CT molecular complexity index is 217. The number of nitrogens with two attached hydrogens (primary N) is 2. The molecule has 2 rings (SSSR count). The van der Waals surface area contributed by atoms with Crippen molar-refractivity contribution < 1.29 is 0 Å². The van der Waals surface area contributed by atoms with Gasteiger partial charge >= 0.3 is 0 Å². The molecule has 0 spiro atoms. The first-order valence-corrected chi connectivity index (χ1v) is 7.57. The lowest BCUT2D eigenvalue weighted by atomic mass is 9.69. The zero-order valence-corrected chi connectivity index (χ0v) is 11.6. The Morgan fingerprint density at radius 2 is 1.65 bits per heavy atom. The maximum absolute atomic E-state index is 6.31. The highest BCUT2D eigenvalue weighted by molar-refractivity contribution is 4.87. The van der Waals surface area contributed by atoms with E-state index in [4.69, 9.17) is 11.5 Å². The van der Waals surface area contributed by atoms with Gasteiger partial charge in [-0.15, -0.1) is 0 Å². The van der Waals surface area contributed by atoms with Crippen molar-refractivity contribution >= 4 is 0 Å². The minimum Gasteiger partial charge on any atom is -0.328 e. The van der Waals surface area contributed by atoms with Crippen LogP contribution in [0.25, 0.3) is 0 Å². The largest absolute Gasteiger partial charge is 0.328 e. The van der Waals surface area contributed by atoms with Crippen LogP contribution >= 0.6 is 0 Å². The molecule has 0 heterocycles. The Morgan fingerprint density at radius 3 is 2.41 bits per heavy atom. The summed E-state index contributed by atoms with van der Waals surface area (Å²) in [5.74, 6) is 3.34. The van der Waals surface area contributed by atoms with Crippen molar-refractivity contribution in [2.24, 2.45) is 35.1 Å². The quantitative estimate of drug-likeness (QED) is 0.777. The van der Waals surface area contributed by atoms with E-state index in [2.05, 4.69) is 13.8 Å². The molecule has 0 aromatic heterocycles. The Hall–Kier alpha value is -0.0800. The van der Waals surface area contributed by atoms with Crippen LogP contribution in [0.1, 0.15) is 58.8 Å². The summed E-state index contributed by atoms with van der Waals surface area (Å²) in [5.41, 5.74) is 12.4. The first kappa shape index (κ1) is 13.4. The van der Waals surface area contributed by atoms with Crippen LogP contribution in [0.3, 0.4) is 0 Å². The molecule has 100 valence electrons. The van der Waals surface area contributed by atoms with Crippen LogP contribution in [-0.4, -0.2) is 12.1 Å². The van der Waals surface area contributed by atoms with Crippen molar-refractivity contribution in [3.63, 3.8) is 0 Å².